The molecular weight excluding hydrogens is 296 g/mol. The SMILES string of the molecule is OCC[C@H]1CCc2sc3ncnc(OC4CCCCC4)c3c21. The van der Waals surface area contributed by atoms with E-state index >= 15 is 0 Å². The molecule has 0 aromatic carbocycles. The zero-order valence-corrected chi connectivity index (χ0v) is 13.6. The topological polar surface area (TPSA) is 55.2 Å². The van der Waals surface area contributed by atoms with Crippen LogP contribution in [0.3, 0.4) is 0 Å². The maximum Gasteiger partial charge on any atom is 0.225 e. The predicted octanol–water partition coefficient (Wildman–Crippen LogP) is 3.82. The van der Waals surface area contributed by atoms with Crippen molar-refractivity contribution in [3.05, 3.63) is 16.8 Å². The number of aromatic nitrogens is 2. The van der Waals surface area contributed by atoms with Crippen LogP contribution >= 0.6 is 11.3 Å². The maximum absolute atomic E-state index is 9.33. The Morgan fingerprint density at radius 3 is 2.86 bits per heavy atom. The summed E-state index contributed by atoms with van der Waals surface area (Å²) >= 11 is 1.78. The Hall–Kier alpha value is -1.20. The highest BCUT2D eigenvalue weighted by Gasteiger charge is 2.30. The van der Waals surface area contributed by atoms with Crippen molar-refractivity contribution in [3.63, 3.8) is 0 Å². The highest BCUT2D eigenvalue weighted by atomic mass is 32.1. The highest BCUT2D eigenvalue weighted by Crippen LogP contribution is 2.47. The zero-order valence-electron chi connectivity index (χ0n) is 12.8. The number of aliphatic hydroxyl groups is 1. The third kappa shape index (κ3) is 2.50. The molecule has 2 aliphatic carbocycles. The molecule has 118 valence electrons. The van der Waals surface area contributed by atoms with E-state index in [9.17, 15) is 5.11 Å². The Morgan fingerprint density at radius 1 is 1.18 bits per heavy atom. The molecule has 0 aliphatic heterocycles. The number of rotatable bonds is 4. The smallest absolute Gasteiger partial charge is 0.225 e. The number of aryl methyl sites for hydroxylation is 1. The van der Waals surface area contributed by atoms with Gasteiger partial charge in [0.25, 0.3) is 0 Å². The number of hydrogen-bond donors (Lipinski definition) is 1. The first-order valence-corrected chi connectivity index (χ1v) is 9.22. The molecule has 2 heterocycles. The minimum atomic E-state index is 0.244. The van der Waals surface area contributed by atoms with E-state index in [0.29, 0.717) is 12.0 Å². The van der Waals surface area contributed by atoms with Gasteiger partial charge in [-0.15, -0.1) is 11.3 Å². The Bertz CT molecular complexity index is 664. The van der Waals surface area contributed by atoms with Crippen LogP contribution in [-0.2, 0) is 6.42 Å². The van der Waals surface area contributed by atoms with Gasteiger partial charge in [-0.1, -0.05) is 6.42 Å². The fourth-order valence-corrected chi connectivity index (χ4v) is 5.15. The van der Waals surface area contributed by atoms with Crippen molar-refractivity contribution in [2.24, 2.45) is 0 Å². The van der Waals surface area contributed by atoms with E-state index in [0.717, 1.165) is 48.2 Å². The van der Waals surface area contributed by atoms with Gasteiger partial charge < -0.3 is 9.84 Å². The normalized spacial score (nSPS) is 22.1. The Kier molecular flexibility index (Phi) is 4.01. The molecule has 5 heteroatoms. The molecule has 22 heavy (non-hydrogen) atoms. The van der Waals surface area contributed by atoms with Gasteiger partial charge in [-0.2, -0.15) is 0 Å². The van der Waals surface area contributed by atoms with Crippen molar-refractivity contribution in [2.75, 3.05) is 6.61 Å². The summed E-state index contributed by atoms with van der Waals surface area (Å²) in [6, 6.07) is 0. The van der Waals surface area contributed by atoms with Gasteiger partial charge in [-0.05, 0) is 56.4 Å². The van der Waals surface area contributed by atoms with Crippen LogP contribution in [0, 0.1) is 0 Å². The molecule has 4 nitrogen and oxygen atoms in total. The first-order chi connectivity index (χ1) is 10.9. The van der Waals surface area contributed by atoms with E-state index in [1.165, 1.54) is 29.7 Å². The number of fused-ring (bicyclic) bond motifs is 3. The van der Waals surface area contributed by atoms with Crippen LogP contribution in [0.5, 0.6) is 5.88 Å². The van der Waals surface area contributed by atoms with Crippen molar-refractivity contribution in [2.45, 2.75) is 63.4 Å². The second kappa shape index (κ2) is 6.13. The first-order valence-electron chi connectivity index (χ1n) is 8.40. The first kappa shape index (κ1) is 14.4. The fraction of sp³-hybridized carbons (Fsp3) is 0.647. The van der Waals surface area contributed by atoms with Crippen molar-refractivity contribution in [3.8, 4) is 5.88 Å². The lowest BCUT2D eigenvalue weighted by Gasteiger charge is -2.23. The van der Waals surface area contributed by atoms with E-state index in [-0.39, 0.29) is 6.61 Å². The van der Waals surface area contributed by atoms with Crippen LogP contribution in [0.2, 0.25) is 0 Å². The second-order valence-electron chi connectivity index (χ2n) is 6.42. The van der Waals surface area contributed by atoms with Crippen LogP contribution in [0.1, 0.15) is 61.3 Å². The summed E-state index contributed by atoms with van der Waals surface area (Å²) < 4.78 is 6.27. The van der Waals surface area contributed by atoms with Gasteiger partial charge in [0.15, 0.2) is 0 Å². The molecule has 0 radical (unpaired) electrons. The van der Waals surface area contributed by atoms with E-state index < -0.39 is 0 Å². The Balaban J connectivity index is 1.72. The van der Waals surface area contributed by atoms with Gasteiger partial charge in [0, 0.05) is 11.5 Å². The maximum atomic E-state index is 9.33. The van der Waals surface area contributed by atoms with Crippen LogP contribution in [0.15, 0.2) is 6.33 Å². The average molecular weight is 318 g/mol. The standard InChI is InChI=1S/C17H22N2O2S/c20-9-8-11-6-7-13-14(11)15-16(18-10-19-17(15)22-13)21-12-4-2-1-3-5-12/h10-12,20H,1-9H2/t11-/m1/s1. The van der Waals surface area contributed by atoms with E-state index in [2.05, 4.69) is 9.97 Å². The lowest BCUT2D eigenvalue weighted by atomic mass is 9.97. The van der Waals surface area contributed by atoms with Gasteiger partial charge in [0.1, 0.15) is 17.3 Å². The summed E-state index contributed by atoms with van der Waals surface area (Å²) in [4.78, 5) is 11.4. The van der Waals surface area contributed by atoms with E-state index in [1.54, 1.807) is 17.7 Å². The molecule has 1 N–H and O–H groups in total. The van der Waals surface area contributed by atoms with Gasteiger partial charge in [0.2, 0.25) is 5.88 Å². The van der Waals surface area contributed by atoms with Crippen LogP contribution in [0.25, 0.3) is 10.2 Å². The molecule has 1 atom stereocenters. The van der Waals surface area contributed by atoms with E-state index in [4.69, 9.17) is 4.74 Å². The minimum absolute atomic E-state index is 0.244. The number of hydrogen-bond acceptors (Lipinski definition) is 5. The van der Waals surface area contributed by atoms with Crippen molar-refractivity contribution in [1.82, 2.24) is 9.97 Å². The molecule has 2 aliphatic rings. The molecule has 4 rings (SSSR count). The third-order valence-corrected chi connectivity index (χ3v) is 6.18. The van der Waals surface area contributed by atoms with Gasteiger partial charge in [-0.25, -0.2) is 9.97 Å². The molecular formula is C17H22N2O2S. The molecule has 0 saturated heterocycles. The third-order valence-electron chi connectivity index (χ3n) is 5.00. The summed E-state index contributed by atoms with van der Waals surface area (Å²) in [7, 11) is 0. The Morgan fingerprint density at radius 2 is 2.05 bits per heavy atom. The van der Waals surface area contributed by atoms with Crippen LogP contribution < -0.4 is 4.74 Å². The van der Waals surface area contributed by atoms with Gasteiger partial charge in [-0.3, -0.25) is 0 Å². The van der Waals surface area contributed by atoms with Gasteiger partial charge >= 0.3 is 0 Å². The number of nitrogens with zero attached hydrogens (tertiary/aromatic N) is 2. The largest absolute Gasteiger partial charge is 0.474 e. The molecule has 0 bridgehead atoms. The lowest BCUT2D eigenvalue weighted by molar-refractivity contribution is 0.150. The average Bonchev–Trinajstić information content (AvgIpc) is 3.09. The Labute approximate surface area is 134 Å². The quantitative estimate of drug-likeness (QED) is 0.931. The summed E-state index contributed by atoms with van der Waals surface area (Å²) in [6.07, 6.45) is 11.1. The summed E-state index contributed by atoms with van der Waals surface area (Å²) in [5, 5.41) is 10.5. The molecule has 2 aromatic heterocycles. The lowest BCUT2D eigenvalue weighted by Crippen LogP contribution is -2.20. The fourth-order valence-electron chi connectivity index (χ4n) is 3.92. The van der Waals surface area contributed by atoms with Crippen molar-refractivity contribution >= 4 is 21.6 Å². The van der Waals surface area contributed by atoms with Crippen LogP contribution in [-0.4, -0.2) is 27.8 Å². The van der Waals surface area contributed by atoms with Crippen molar-refractivity contribution < 1.29 is 9.84 Å². The summed E-state index contributed by atoms with van der Waals surface area (Å²) in [6.45, 7) is 0.244. The molecule has 0 spiro atoms. The molecule has 1 saturated carbocycles. The number of aliphatic hydroxyl groups excluding tert-OH is 1. The number of ether oxygens (including phenoxy) is 1. The molecule has 2 aromatic rings. The van der Waals surface area contributed by atoms with Crippen LogP contribution in [0.4, 0.5) is 0 Å². The molecule has 0 unspecified atom stereocenters. The second-order valence-corrected chi connectivity index (χ2v) is 7.51. The summed E-state index contributed by atoms with van der Waals surface area (Å²) in [5.74, 6) is 1.22. The van der Waals surface area contributed by atoms with E-state index in [1.807, 2.05) is 0 Å². The number of thiophene rings is 1. The highest BCUT2D eigenvalue weighted by molar-refractivity contribution is 7.19. The summed E-state index contributed by atoms with van der Waals surface area (Å²) in [5.41, 5.74) is 1.36. The molecule has 1 fully saturated rings. The molecule has 0 amide bonds. The van der Waals surface area contributed by atoms with Gasteiger partial charge in [0.05, 0.1) is 5.39 Å². The monoisotopic (exact) mass is 318 g/mol. The zero-order chi connectivity index (χ0) is 14.9. The van der Waals surface area contributed by atoms with Crippen molar-refractivity contribution in [1.29, 1.82) is 0 Å². The minimum Gasteiger partial charge on any atom is -0.474 e. The predicted molar refractivity (Wildman–Crippen MR) is 87.7 cm³/mol.